The molecule has 0 atom stereocenters. The van der Waals surface area contributed by atoms with Gasteiger partial charge in [-0.3, -0.25) is 5.32 Å². The molecule has 80 valence electrons. The van der Waals surface area contributed by atoms with Crippen molar-refractivity contribution in [3.8, 4) is 0 Å². The van der Waals surface area contributed by atoms with E-state index in [1.165, 1.54) is 0 Å². The third-order valence-electron chi connectivity index (χ3n) is 1.52. The van der Waals surface area contributed by atoms with Crippen LogP contribution in [-0.2, 0) is 4.74 Å². The average Bonchev–Trinajstić information content (AvgIpc) is 2.01. The molecule has 0 spiro atoms. The van der Waals surface area contributed by atoms with Crippen molar-refractivity contribution < 1.29 is 4.74 Å². The zero-order chi connectivity index (χ0) is 10.2. The highest BCUT2D eigenvalue weighted by Gasteiger charge is 2.06. The smallest absolute Gasteiger partial charge is 0.0591 e. The summed E-state index contributed by atoms with van der Waals surface area (Å²) in [4.78, 5) is 0. The lowest BCUT2D eigenvalue weighted by Crippen LogP contribution is -2.42. The molecule has 0 aliphatic rings. The van der Waals surface area contributed by atoms with Crippen molar-refractivity contribution in [1.29, 1.82) is 0 Å². The van der Waals surface area contributed by atoms with Gasteiger partial charge in [-0.05, 0) is 27.2 Å². The number of hydrogen-bond donors (Lipinski definition) is 2. The summed E-state index contributed by atoms with van der Waals surface area (Å²) < 4.78 is 5.32. The molecule has 0 aromatic rings. The second kappa shape index (κ2) is 7.30. The summed E-state index contributed by atoms with van der Waals surface area (Å²) in [5.74, 6) is 0. The van der Waals surface area contributed by atoms with E-state index in [1.54, 1.807) is 0 Å². The van der Waals surface area contributed by atoms with Crippen LogP contribution in [-0.4, -0.2) is 32.0 Å². The van der Waals surface area contributed by atoms with Crippen LogP contribution in [0.2, 0.25) is 0 Å². The van der Waals surface area contributed by atoms with Crippen LogP contribution in [0, 0.1) is 0 Å². The molecule has 2 N–H and O–H groups in total. The van der Waals surface area contributed by atoms with Gasteiger partial charge in [0.05, 0.1) is 6.61 Å². The normalized spacial score (nSPS) is 12.0. The molecule has 0 amide bonds. The molecule has 0 aliphatic heterocycles. The Labute approximate surface area is 82.2 Å². The summed E-state index contributed by atoms with van der Waals surface area (Å²) >= 11 is 0. The van der Waals surface area contributed by atoms with E-state index < -0.39 is 0 Å². The fraction of sp³-hybridized carbons (Fsp3) is 1.00. The summed E-state index contributed by atoms with van der Waals surface area (Å²) in [5.41, 5.74) is 0.192. The Morgan fingerprint density at radius 3 is 2.38 bits per heavy atom. The monoisotopic (exact) mass is 188 g/mol. The van der Waals surface area contributed by atoms with Gasteiger partial charge in [-0.15, -0.1) is 0 Å². The van der Waals surface area contributed by atoms with E-state index in [1.807, 2.05) is 0 Å². The molecular weight excluding hydrogens is 164 g/mol. The zero-order valence-corrected chi connectivity index (χ0v) is 9.44. The summed E-state index contributed by atoms with van der Waals surface area (Å²) in [6.07, 6.45) is 1.10. The van der Waals surface area contributed by atoms with Crippen LogP contribution in [0.1, 0.15) is 34.1 Å². The van der Waals surface area contributed by atoms with Crippen molar-refractivity contribution in [2.24, 2.45) is 0 Å². The second-order valence-corrected chi connectivity index (χ2v) is 4.22. The summed E-state index contributed by atoms with van der Waals surface area (Å²) in [6, 6.07) is 0. The van der Waals surface area contributed by atoms with E-state index >= 15 is 0 Å². The van der Waals surface area contributed by atoms with Gasteiger partial charge in [0.25, 0.3) is 0 Å². The first-order valence-corrected chi connectivity index (χ1v) is 5.10. The quantitative estimate of drug-likeness (QED) is 0.467. The number of ether oxygens (including phenoxy) is 1. The van der Waals surface area contributed by atoms with Crippen LogP contribution in [0.5, 0.6) is 0 Å². The van der Waals surface area contributed by atoms with Crippen molar-refractivity contribution in [2.75, 3.05) is 26.4 Å². The maximum Gasteiger partial charge on any atom is 0.0591 e. The lowest BCUT2D eigenvalue weighted by molar-refractivity contribution is 0.135. The lowest BCUT2D eigenvalue weighted by atomic mass is 10.1. The molecule has 0 saturated heterocycles. The van der Waals surface area contributed by atoms with Crippen LogP contribution < -0.4 is 10.6 Å². The van der Waals surface area contributed by atoms with Gasteiger partial charge < -0.3 is 10.1 Å². The van der Waals surface area contributed by atoms with Crippen molar-refractivity contribution in [3.63, 3.8) is 0 Å². The average molecular weight is 188 g/mol. The molecule has 0 aromatic carbocycles. The van der Waals surface area contributed by atoms with E-state index in [0.717, 1.165) is 32.8 Å². The van der Waals surface area contributed by atoms with Crippen LogP contribution in [0.25, 0.3) is 0 Å². The maximum atomic E-state index is 5.32. The van der Waals surface area contributed by atoms with Crippen molar-refractivity contribution in [1.82, 2.24) is 10.6 Å². The number of hydrogen-bond acceptors (Lipinski definition) is 3. The summed E-state index contributed by atoms with van der Waals surface area (Å²) in [5, 5.41) is 6.61. The Morgan fingerprint density at radius 2 is 1.85 bits per heavy atom. The molecule has 0 fully saturated rings. The Morgan fingerprint density at radius 1 is 1.15 bits per heavy atom. The number of nitrogens with one attached hydrogen (secondary N) is 2. The molecule has 0 aromatic heterocycles. The fourth-order valence-electron chi connectivity index (χ4n) is 0.807. The maximum absolute atomic E-state index is 5.32. The zero-order valence-electron chi connectivity index (χ0n) is 9.44. The number of rotatable bonds is 7. The molecule has 13 heavy (non-hydrogen) atoms. The van der Waals surface area contributed by atoms with E-state index in [2.05, 4.69) is 38.3 Å². The first kappa shape index (κ1) is 12.9. The summed E-state index contributed by atoms with van der Waals surface area (Å²) in [7, 11) is 0. The molecule has 0 rings (SSSR count). The van der Waals surface area contributed by atoms with Gasteiger partial charge in [0.15, 0.2) is 0 Å². The molecule has 0 heterocycles. The summed E-state index contributed by atoms with van der Waals surface area (Å²) in [6.45, 7) is 12.0. The van der Waals surface area contributed by atoms with Crippen LogP contribution in [0.4, 0.5) is 0 Å². The lowest BCUT2D eigenvalue weighted by Gasteiger charge is -2.20. The predicted molar refractivity (Wildman–Crippen MR) is 56.9 cm³/mol. The van der Waals surface area contributed by atoms with E-state index in [4.69, 9.17) is 4.74 Å². The van der Waals surface area contributed by atoms with E-state index in [9.17, 15) is 0 Å². The molecule has 0 unspecified atom stereocenters. The van der Waals surface area contributed by atoms with Crippen LogP contribution >= 0.6 is 0 Å². The van der Waals surface area contributed by atoms with Crippen LogP contribution in [0.15, 0.2) is 0 Å². The van der Waals surface area contributed by atoms with Gasteiger partial charge in [-0.2, -0.15) is 0 Å². The van der Waals surface area contributed by atoms with Crippen LogP contribution in [0.3, 0.4) is 0 Å². The highest BCUT2D eigenvalue weighted by molar-refractivity contribution is 4.68. The minimum Gasteiger partial charge on any atom is -0.380 e. The Balaban J connectivity index is 3.00. The Bertz CT molecular complexity index is 110. The SMILES string of the molecule is CCCOCCNCNC(C)(C)C. The van der Waals surface area contributed by atoms with Gasteiger partial charge in [0.1, 0.15) is 0 Å². The third-order valence-corrected chi connectivity index (χ3v) is 1.52. The fourth-order valence-corrected chi connectivity index (χ4v) is 0.807. The van der Waals surface area contributed by atoms with Gasteiger partial charge in [-0.25, -0.2) is 0 Å². The Kier molecular flexibility index (Phi) is 7.23. The molecule has 3 nitrogen and oxygen atoms in total. The van der Waals surface area contributed by atoms with Gasteiger partial charge in [0, 0.05) is 25.4 Å². The first-order chi connectivity index (χ1) is 6.06. The van der Waals surface area contributed by atoms with Gasteiger partial charge >= 0.3 is 0 Å². The highest BCUT2D eigenvalue weighted by Crippen LogP contribution is 1.95. The predicted octanol–water partition coefficient (Wildman–Crippen LogP) is 1.35. The molecule has 0 radical (unpaired) electrons. The molecule has 3 heteroatoms. The Hall–Kier alpha value is -0.120. The molecule has 0 saturated carbocycles. The van der Waals surface area contributed by atoms with Gasteiger partial charge in [-0.1, -0.05) is 6.92 Å². The second-order valence-electron chi connectivity index (χ2n) is 4.22. The van der Waals surface area contributed by atoms with Crippen molar-refractivity contribution in [2.45, 2.75) is 39.7 Å². The highest BCUT2D eigenvalue weighted by atomic mass is 16.5. The van der Waals surface area contributed by atoms with Gasteiger partial charge in [0.2, 0.25) is 0 Å². The molecule has 0 bridgehead atoms. The third kappa shape index (κ3) is 11.9. The standard InChI is InChI=1S/C10H24N2O/c1-5-7-13-8-6-11-9-12-10(2,3)4/h11-12H,5-9H2,1-4H3. The molecule has 0 aliphatic carbocycles. The minimum atomic E-state index is 0.192. The van der Waals surface area contributed by atoms with E-state index in [-0.39, 0.29) is 5.54 Å². The van der Waals surface area contributed by atoms with Crippen molar-refractivity contribution >= 4 is 0 Å². The topological polar surface area (TPSA) is 33.3 Å². The van der Waals surface area contributed by atoms with E-state index in [0.29, 0.717) is 0 Å². The molecular formula is C10H24N2O. The first-order valence-electron chi connectivity index (χ1n) is 5.10. The largest absolute Gasteiger partial charge is 0.380 e. The minimum absolute atomic E-state index is 0.192. The van der Waals surface area contributed by atoms with Crippen molar-refractivity contribution in [3.05, 3.63) is 0 Å².